The van der Waals surface area contributed by atoms with Crippen LogP contribution in [0.5, 0.6) is 0 Å². The number of nitro benzene ring substituents is 1. The predicted octanol–water partition coefficient (Wildman–Crippen LogP) is 1.15. The fraction of sp³-hybridized carbons (Fsp3) is 0.231. The minimum atomic E-state index is -0.481. The third-order valence-electron chi connectivity index (χ3n) is 2.88. The highest BCUT2D eigenvalue weighted by atomic mass is 16.6. The van der Waals surface area contributed by atoms with Crippen molar-refractivity contribution in [1.82, 2.24) is 9.97 Å². The summed E-state index contributed by atoms with van der Waals surface area (Å²) in [7, 11) is 0. The molecule has 0 saturated carbocycles. The number of rotatable bonds is 4. The first kappa shape index (κ1) is 13.9. The Morgan fingerprint density at radius 3 is 2.80 bits per heavy atom. The van der Waals surface area contributed by atoms with Gasteiger partial charge in [0, 0.05) is 35.9 Å². The van der Waals surface area contributed by atoms with E-state index in [0.29, 0.717) is 30.0 Å². The lowest BCUT2D eigenvalue weighted by molar-refractivity contribution is -0.384. The van der Waals surface area contributed by atoms with Crippen molar-refractivity contribution in [2.75, 3.05) is 6.54 Å². The number of aromatic amines is 1. The molecule has 0 spiro atoms. The van der Waals surface area contributed by atoms with Gasteiger partial charge in [0.1, 0.15) is 5.82 Å². The SMILES string of the molecule is Cc1ccc([N+](=O)[O-])cc1-c1nc(CCN)cc(=O)[nH]1. The molecule has 7 heteroatoms. The molecular weight excluding hydrogens is 260 g/mol. The maximum Gasteiger partial charge on any atom is 0.270 e. The monoisotopic (exact) mass is 274 g/mol. The van der Waals surface area contributed by atoms with Gasteiger partial charge in [0.2, 0.25) is 0 Å². The maximum atomic E-state index is 11.6. The number of aryl methyl sites for hydroxylation is 1. The van der Waals surface area contributed by atoms with E-state index in [4.69, 9.17) is 5.73 Å². The zero-order chi connectivity index (χ0) is 14.7. The summed E-state index contributed by atoms with van der Waals surface area (Å²) in [4.78, 5) is 28.9. The van der Waals surface area contributed by atoms with Crippen molar-refractivity contribution < 1.29 is 4.92 Å². The molecule has 1 heterocycles. The molecule has 2 rings (SSSR count). The van der Waals surface area contributed by atoms with Crippen LogP contribution in [0.3, 0.4) is 0 Å². The van der Waals surface area contributed by atoms with E-state index in [1.807, 2.05) is 0 Å². The summed E-state index contributed by atoms with van der Waals surface area (Å²) in [5, 5.41) is 10.8. The lowest BCUT2D eigenvalue weighted by atomic mass is 10.1. The molecule has 0 radical (unpaired) electrons. The van der Waals surface area contributed by atoms with E-state index in [-0.39, 0.29) is 11.2 Å². The molecule has 0 bridgehead atoms. The summed E-state index contributed by atoms with van der Waals surface area (Å²) in [6.07, 6.45) is 0.477. The van der Waals surface area contributed by atoms with Crippen LogP contribution >= 0.6 is 0 Å². The van der Waals surface area contributed by atoms with E-state index in [1.54, 1.807) is 13.0 Å². The molecule has 0 aliphatic heterocycles. The van der Waals surface area contributed by atoms with Crippen LogP contribution in [0, 0.1) is 17.0 Å². The Morgan fingerprint density at radius 1 is 1.40 bits per heavy atom. The van der Waals surface area contributed by atoms with Crippen molar-refractivity contribution >= 4 is 5.69 Å². The normalized spacial score (nSPS) is 10.5. The molecule has 104 valence electrons. The Labute approximate surface area is 114 Å². The fourth-order valence-electron chi connectivity index (χ4n) is 1.89. The van der Waals surface area contributed by atoms with Crippen molar-refractivity contribution in [3.8, 4) is 11.4 Å². The summed E-state index contributed by atoms with van der Waals surface area (Å²) in [5.41, 5.74) is 7.01. The first-order valence-corrected chi connectivity index (χ1v) is 6.07. The molecule has 0 saturated heterocycles. The average molecular weight is 274 g/mol. The van der Waals surface area contributed by atoms with Crippen molar-refractivity contribution in [2.45, 2.75) is 13.3 Å². The Balaban J connectivity index is 2.58. The highest BCUT2D eigenvalue weighted by Gasteiger charge is 2.12. The lowest BCUT2D eigenvalue weighted by Gasteiger charge is -2.06. The van der Waals surface area contributed by atoms with E-state index in [1.165, 1.54) is 18.2 Å². The molecule has 0 unspecified atom stereocenters. The molecule has 1 aromatic heterocycles. The first-order chi connectivity index (χ1) is 9.51. The predicted molar refractivity (Wildman–Crippen MR) is 74.4 cm³/mol. The van der Waals surface area contributed by atoms with Gasteiger partial charge in [0.05, 0.1) is 4.92 Å². The highest BCUT2D eigenvalue weighted by Crippen LogP contribution is 2.24. The first-order valence-electron chi connectivity index (χ1n) is 6.07. The molecule has 0 aliphatic carbocycles. The quantitative estimate of drug-likeness (QED) is 0.641. The number of H-pyrrole nitrogens is 1. The fourth-order valence-corrected chi connectivity index (χ4v) is 1.89. The maximum absolute atomic E-state index is 11.6. The van der Waals surface area contributed by atoms with Crippen LogP contribution in [0.2, 0.25) is 0 Å². The number of aromatic nitrogens is 2. The van der Waals surface area contributed by atoms with Gasteiger partial charge < -0.3 is 10.7 Å². The number of benzene rings is 1. The zero-order valence-electron chi connectivity index (χ0n) is 10.9. The summed E-state index contributed by atoms with van der Waals surface area (Å²) in [6.45, 7) is 2.18. The molecule has 20 heavy (non-hydrogen) atoms. The van der Waals surface area contributed by atoms with Gasteiger partial charge in [-0.3, -0.25) is 14.9 Å². The number of hydrogen-bond acceptors (Lipinski definition) is 5. The highest BCUT2D eigenvalue weighted by molar-refractivity contribution is 5.63. The van der Waals surface area contributed by atoms with Crippen molar-refractivity contribution in [3.05, 3.63) is 56.0 Å². The third-order valence-corrected chi connectivity index (χ3v) is 2.88. The van der Waals surface area contributed by atoms with Gasteiger partial charge in [0.15, 0.2) is 0 Å². The number of nitro groups is 1. The van der Waals surface area contributed by atoms with Crippen LogP contribution in [0.15, 0.2) is 29.1 Å². The van der Waals surface area contributed by atoms with Crippen molar-refractivity contribution in [2.24, 2.45) is 5.73 Å². The standard InChI is InChI=1S/C13H14N4O3/c1-8-2-3-10(17(19)20)7-11(8)13-15-9(4-5-14)6-12(18)16-13/h2-3,6-7H,4-5,14H2,1H3,(H,15,16,18). The minimum absolute atomic E-state index is 0.0440. The largest absolute Gasteiger partial charge is 0.330 e. The zero-order valence-corrected chi connectivity index (χ0v) is 10.9. The number of hydrogen-bond donors (Lipinski definition) is 2. The molecule has 0 amide bonds. The summed E-state index contributed by atoms with van der Waals surface area (Å²) in [6, 6.07) is 5.83. The molecule has 2 aromatic rings. The van der Waals surface area contributed by atoms with E-state index in [2.05, 4.69) is 9.97 Å². The second-order valence-corrected chi connectivity index (χ2v) is 4.38. The van der Waals surface area contributed by atoms with Gasteiger partial charge >= 0.3 is 0 Å². The van der Waals surface area contributed by atoms with Crippen LogP contribution in [0.25, 0.3) is 11.4 Å². The molecule has 7 nitrogen and oxygen atoms in total. The van der Waals surface area contributed by atoms with Gasteiger partial charge in [0.25, 0.3) is 11.2 Å². The number of non-ortho nitro benzene ring substituents is 1. The Bertz CT molecular complexity index is 709. The molecule has 3 N–H and O–H groups in total. The average Bonchev–Trinajstić information content (AvgIpc) is 2.38. The molecule has 1 aromatic carbocycles. The van der Waals surface area contributed by atoms with E-state index < -0.39 is 4.92 Å². The lowest BCUT2D eigenvalue weighted by Crippen LogP contribution is -2.13. The summed E-state index contributed by atoms with van der Waals surface area (Å²) < 4.78 is 0. The topological polar surface area (TPSA) is 115 Å². The van der Waals surface area contributed by atoms with Crippen molar-refractivity contribution in [3.63, 3.8) is 0 Å². The van der Waals surface area contributed by atoms with E-state index in [0.717, 1.165) is 5.56 Å². The molecule has 0 aliphatic rings. The van der Waals surface area contributed by atoms with Gasteiger partial charge in [-0.15, -0.1) is 0 Å². The second kappa shape index (κ2) is 5.62. The van der Waals surface area contributed by atoms with Gasteiger partial charge in [-0.05, 0) is 19.0 Å². The third kappa shape index (κ3) is 2.89. The van der Waals surface area contributed by atoms with E-state index >= 15 is 0 Å². The van der Waals surface area contributed by atoms with Crippen LogP contribution in [-0.2, 0) is 6.42 Å². The van der Waals surface area contributed by atoms with Gasteiger partial charge in [-0.25, -0.2) is 4.98 Å². The van der Waals surface area contributed by atoms with Gasteiger partial charge in [-0.1, -0.05) is 6.07 Å². The minimum Gasteiger partial charge on any atom is -0.330 e. The van der Waals surface area contributed by atoms with Crippen LogP contribution in [0.1, 0.15) is 11.3 Å². The molecule has 0 fully saturated rings. The Kier molecular flexibility index (Phi) is 3.90. The van der Waals surface area contributed by atoms with Crippen LogP contribution in [0.4, 0.5) is 5.69 Å². The van der Waals surface area contributed by atoms with E-state index in [9.17, 15) is 14.9 Å². The number of nitrogens with one attached hydrogen (secondary N) is 1. The van der Waals surface area contributed by atoms with Gasteiger partial charge in [-0.2, -0.15) is 0 Å². The van der Waals surface area contributed by atoms with Crippen molar-refractivity contribution in [1.29, 1.82) is 0 Å². The molecule has 0 atom stereocenters. The van der Waals surface area contributed by atoms with Crippen LogP contribution < -0.4 is 11.3 Å². The number of nitrogens with zero attached hydrogens (tertiary/aromatic N) is 2. The summed E-state index contributed by atoms with van der Waals surface area (Å²) >= 11 is 0. The smallest absolute Gasteiger partial charge is 0.270 e. The molecular formula is C13H14N4O3. The Hall–Kier alpha value is -2.54. The number of nitrogens with two attached hydrogens (primary N) is 1. The second-order valence-electron chi connectivity index (χ2n) is 4.38. The Morgan fingerprint density at radius 2 is 2.15 bits per heavy atom. The summed E-state index contributed by atoms with van der Waals surface area (Å²) in [5.74, 6) is 0.321. The van der Waals surface area contributed by atoms with Crippen LogP contribution in [-0.4, -0.2) is 21.4 Å².